The van der Waals surface area contributed by atoms with Crippen LogP contribution in [-0.2, 0) is 9.53 Å². The number of hydrogen-bond acceptors (Lipinski definition) is 5. The summed E-state index contributed by atoms with van der Waals surface area (Å²) in [5.74, 6) is -0.318. The number of nitrogens with one attached hydrogen (secondary N) is 2. The monoisotopic (exact) mass is 342 g/mol. The van der Waals surface area contributed by atoms with Crippen molar-refractivity contribution in [2.24, 2.45) is 0 Å². The number of rotatable bonds is 4. The Morgan fingerprint density at radius 1 is 1.16 bits per heavy atom. The predicted molar refractivity (Wildman–Crippen MR) is 96.8 cm³/mol. The van der Waals surface area contributed by atoms with Crippen molar-refractivity contribution >= 4 is 34.1 Å². The molecule has 1 saturated heterocycles. The number of aromatic nitrogens is 1. The SMILES string of the molecule is COC(=O)NCC(=O)Nc1ccc(N2CCCCC2)c2ccncc12. The molecule has 25 heavy (non-hydrogen) atoms. The van der Waals surface area contributed by atoms with E-state index in [0.29, 0.717) is 5.69 Å². The number of alkyl carbamates (subject to hydrolysis) is 1. The van der Waals surface area contributed by atoms with Crippen molar-refractivity contribution in [1.29, 1.82) is 0 Å². The number of ether oxygens (including phenoxy) is 1. The molecule has 0 aliphatic carbocycles. The third-order valence-corrected chi connectivity index (χ3v) is 4.34. The number of anilines is 2. The van der Waals surface area contributed by atoms with Gasteiger partial charge in [0.2, 0.25) is 5.91 Å². The molecule has 2 N–H and O–H groups in total. The molecule has 0 saturated carbocycles. The largest absolute Gasteiger partial charge is 0.453 e. The summed E-state index contributed by atoms with van der Waals surface area (Å²) in [6, 6.07) is 5.91. The Kier molecular flexibility index (Phi) is 5.33. The van der Waals surface area contributed by atoms with Gasteiger partial charge in [0.25, 0.3) is 0 Å². The van der Waals surface area contributed by atoms with Gasteiger partial charge in [-0.1, -0.05) is 0 Å². The molecule has 7 heteroatoms. The first-order valence-electron chi connectivity index (χ1n) is 8.42. The Morgan fingerprint density at radius 3 is 2.72 bits per heavy atom. The number of amides is 2. The van der Waals surface area contributed by atoms with Gasteiger partial charge in [-0.15, -0.1) is 0 Å². The van der Waals surface area contributed by atoms with Crippen LogP contribution in [0.25, 0.3) is 10.8 Å². The molecule has 2 amide bonds. The first-order valence-corrected chi connectivity index (χ1v) is 8.42. The Balaban J connectivity index is 1.82. The summed E-state index contributed by atoms with van der Waals surface area (Å²) in [6.45, 7) is 1.95. The van der Waals surface area contributed by atoms with Crippen LogP contribution in [0.5, 0.6) is 0 Å². The molecular formula is C18H22N4O3. The van der Waals surface area contributed by atoms with Crippen LogP contribution in [-0.4, -0.2) is 43.7 Å². The van der Waals surface area contributed by atoms with Crippen molar-refractivity contribution in [3.63, 3.8) is 0 Å². The summed E-state index contributed by atoms with van der Waals surface area (Å²) in [4.78, 5) is 29.7. The number of carbonyl (C=O) groups is 2. The number of nitrogens with zero attached hydrogens (tertiary/aromatic N) is 2. The zero-order valence-electron chi connectivity index (χ0n) is 14.2. The number of pyridine rings is 1. The maximum Gasteiger partial charge on any atom is 0.407 e. The smallest absolute Gasteiger partial charge is 0.407 e. The molecule has 0 radical (unpaired) electrons. The minimum absolute atomic E-state index is 0.150. The summed E-state index contributed by atoms with van der Waals surface area (Å²) in [5.41, 5.74) is 1.85. The third kappa shape index (κ3) is 3.99. The molecular weight excluding hydrogens is 320 g/mol. The van der Waals surface area contributed by atoms with E-state index in [1.54, 1.807) is 12.4 Å². The molecule has 1 aliphatic rings. The fourth-order valence-corrected chi connectivity index (χ4v) is 3.11. The summed E-state index contributed by atoms with van der Waals surface area (Å²) in [5, 5.41) is 7.14. The highest BCUT2D eigenvalue weighted by Crippen LogP contribution is 2.33. The van der Waals surface area contributed by atoms with E-state index in [1.807, 2.05) is 18.2 Å². The van der Waals surface area contributed by atoms with Gasteiger partial charge in [-0.25, -0.2) is 4.79 Å². The molecule has 1 aromatic heterocycles. The average Bonchev–Trinajstić information content (AvgIpc) is 2.67. The zero-order chi connectivity index (χ0) is 17.6. The van der Waals surface area contributed by atoms with E-state index < -0.39 is 6.09 Å². The Bertz CT molecular complexity index is 772. The number of hydrogen-bond donors (Lipinski definition) is 2. The number of benzene rings is 1. The van der Waals surface area contributed by atoms with E-state index in [0.717, 1.165) is 23.9 Å². The van der Waals surface area contributed by atoms with E-state index in [2.05, 4.69) is 25.3 Å². The minimum Gasteiger partial charge on any atom is -0.453 e. The highest BCUT2D eigenvalue weighted by molar-refractivity contribution is 6.07. The molecule has 0 atom stereocenters. The highest BCUT2D eigenvalue weighted by Gasteiger charge is 2.16. The highest BCUT2D eigenvalue weighted by atomic mass is 16.5. The van der Waals surface area contributed by atoms with Gasteiger partial charge in [0.1, 0.15) is 6.54 Å². The van der Waals surface area contributed by atoms with Crippen LogP contribution in [0.2, 0.25) is 0 Å². The average molecular weight is 342 g/mol. The minimum atomic E-state index is -0.637. The normalized spacial score (nSPS) is 14.2. The van der Waals surface area contributed by atoms with E-state index in [4.69, 9.17) is 0 Å². The molecule has 2 aromatic rings. The summed E-state index contributed by atoms with van der Waals surface area (Å²) in [7, 11) is 1.26. The van der Waals surface area contributed by atoms with Crippen LogP contribution < -0.4 is 15.5 Å². The van der Waals surface area contributed by atoms with Crippen molar-refractivity contribution < 1.29 is 14.3 Å². The summed E-state index contributed by atoms with van der Waals surface area (Å²) < 4.78 is 4.46. The number of fused-ring (bicyclic) bond motifs is 1. The van der Waals surface area contributed by atoms with E-state index in [-0.39, 0.29) is 12.5 Å². The number of methoxy groups -OCH3 is 1. The van der Waals surface area contributed by atoms with Gasteiger partial charge in [0.05, 0.1) is 12.8 Å². The molecule has 2 heterocycles. The quantitative estimate of drug-likeness (QED) is 0.892. The van der Waals surface area contributed by atoms with Gasteiger partial charge in [-0.3, -0.25) is 9.78 Å². The lowest BCUT2D eigenvalue weighted by molar-refractivity contribution is -0.115. The maximum atomic E-state index is 12.1. The number of carbonyl (C=O) groups excluding carboxylic acids is 2. The van der Waals surface area contributed by atoms with Gasteiger partial charge < -0.3 is 20.3 Å². The first kappa shape index (κ1) is 17.0. The van der Waals surface area contributed by atoms with Gasteiger partial charge in [0, 0.05) is 41.9 Å². The van der Waals surface area contributed by atoms with Crippen LogP contribution >= 0.6 is 0 Å². The molecule has 1 aromatic carbocycles. The molecule has 0 unspecified atom stereocenters. The van der Waals surface area contributed by atoms with E-state index in [9.17, 15) is 9.59 Å². The number of piperidine rings is 1. The summed E-state index contributed by atoms with van der Waals surface area (Å²) in [6.07, 6.45) is 6.56. The van der Waals surface area contributed by atoms with E-state index in [1.165, 1.54) is 32.1 Å². The lowest BCUT2D eigenvalue weighted by Gasteiger charge is -2.30. The van der Waals surface area contributed by atoms with Crippen molar-refractivity contribution in [2.75, 3.05) is 37.0 Å². The second-order valence-corrected chi connectivity index (χ2v) is 5.99. The van der Waals surface area contributed by atoms with Crippen LogP contribution in [0.3, 0.4) is 0 Å². The third-order valence-electron chi connectivity index (χ3n) is 4.34. The van der Waals surface area contributed by atoms with Crippen molar-refractivity contribution in [2.45, 2.75) is 19.3 Å². The molecule has 0 bridgehead atoms. The van der Waals surface area contributed by atoms with Crippen LogP contribution in [0.15, 0.2) is 30.6 Å². The predicted octanol–water partition coefficient (Wildman–Crippen LogP) is 2.52. The Labute approximate surface area is 146 Å². The van der Waals surface area contributed by atoms with Crippen LogP contribution in [0, 0.1) is 0 Å². The zero-order valence-corrected chi connectivity index (χ0v) is 14.2. The van der Waals surface area contributed by atoms with Gasteiger partial charge in [-0.05, 0) is 37.5 Å². The Hall–Kier alpha value is -2.83. The molecule has 132 valence electrons. The lowest BCUT2D eigenvalue weighted by Crippen LogP contribution is -2.32. The maximum absolute atomic E-state index is 12.1. The molecule has 1 fully saturated rings. The van der Waals surface area contributed by atoms with Gasteiger partial charge >= 0.3 is 6.09 Å². The fourth-order valence-electron chi connectivity index (χ4n) is 3.11. The topological polar surface area (TPSA) is 83.6 Å². The first-order chi connectivity index (χ1) is 12.2. The lowest BCUT2D eigenvalue weighted by atomic mass is 10.1. The van der Waals surface area contributed by atoms with Crippen molar-refractivity contribution in [3.8, 4) is 0 Å². The summed E-state index contributed by atoms with van der Waals surface area (Å²) >= 11 is 0. The van der Waals surface area contributed by atoms with Crippen molar-refractivity contribution in [1.82, 2.24) is 10.3 Å². The fraction of sp³-hybridized carbons (Fsp3) is 0.389. The molecule has 7 nitrogen and oxygen atoms in total. The molecule has 3 rings (SSSR count). The van der Waals surface area contributed by atoms with Crippen LogP contribution in [0.1, 0.15) is 19.3 Å². The standard InChI is InChI=1S/C18H22N4O3/c1-25-18(24)20-12-17(23)21-15-5-6-16(22-9-3-2-4-10-22)13-7-8-19-11-14(13)15/h5-8,11H,2-4,9-10,12H2,1H3,(H,20,24)(H,21,23). The molecule has 0 spiro atoms. The van der Waals surface area contributed by atoms with E-state index >= 15 is 0 Å². The van der Waals surface area contributed by atoms with Gasteiger partial charge in [-0.2, -0.15) is 0 Å². The van der Waals surface area contributed by atoms with Crippen LogP contribution in [0.4, 0.5) is 16.2 Å². The molecule has 1 aliphatic heterocycles. The second kappa shape index (κ2) is 7.83. The van der Waals surface area contributed by atoms with Gasteiger partial charge in [0.15, 0.2) is 0 Å². The van der Waals surface area contributed by atoms with Crippen molar-refractivity contribution in [3.05, 3.63) is 30.6 Å². The Morgan fingerprint density at radius 2 is 1.96 bits per heavy atom. The second-order valence-electron chi connectivity index (χ2n) is 5.99.